The smallest absolute Gasteiger partial charge is 0.223 e. The molecule has 1 aliphatic rings. The number of hydrogen-bond acceptors (Lipinski definition) is 2. The number of nitrogens with one attached hydrogen (secondary N) is 1. The fourth-order valence-electron chi connectivity index (χ4n) is 2.33. The van der Waals surface area contributed by atoms with Crippen molar-refractivity contribution in [2.24, 2.45) is 10.7 Å². The second kappa shape index (κ2) is 6.41. The highest BCUT2D eigenvalue weighted by Gasteiger charge is 2.10. The molecule has 0 fully saturated rings. The molecule has 0 saturated carbocycles. The Hall–Kier alpha value is -2.04. The Morgan fingerprint density at radius 2 is 2.10 bits per heavy atom. The zero-order valence-corrected chi connectivity index (χ0v) is 12.1. The van der Waals surface area contributed by atoms with Gasteiger partial charge in [-0.2, -0.15) is 0 Å². The van der Waals surface area contributed by atoms with Gasteiger partial charge in [0.15, 0.2) is 5.96 Å². The average molecular weight is 274 g/mol. The first-order valence-electron chi connectivity index (χ1n) is 6.95. The van der Waals surface area contributed by atoms with Gasteiger partial charge < -0.3 is 16.0 Å². The maximum absolute atomic E-state index is 11.4. The van der Waals surface area contributed by atoms with Crippen LogP contribution < -0.4 is 11.1 Å². The normalized spacial score (nSPS) is 14.0. The maximum atomic E-state index is 11.4. The Morgan fingerprint density at radius 1 is 1.35 bits per heavy atom. The third kappa shape index (κ3) is 3.73. The Kier molecular flexibility index (Phi) is 4.61. The van der Waals surface area contributed by atoms with Crippen molar-refractivity contribution in [3.05, 3.63) is 29.3 Å². The first-order valence-corrected chi connectivity index (χ1v) is 6.95. The largest absolute Gasteiger partial charge is 0.370 e. The van der Waals surface area contributed by atoms with Gasteiger partial charge in [0.1, 0.15) is 0 Å². The SMILES string of the molecule is CN(C)C(=O)CCN=C(N)Nc1ccc2c(c1)CCC2. The van der Waals surface area contributed by atoms with Crippen molar-refractivity contribution in [3.63, 3.8) is 0 Å². The van der Waals surface area contributed by atoms with Gasteiger partial charge in [0.2, 0.25) is 5.91 Å². The van der Waals surface area contributed by atoms with Crippen LogP contribution in [-0.2, 0) is 17.6 Å². The van der Waals surface area contributed by atoms with Gasteiger partial charge in [0, 0.05) is 26.2 Å². The van der Waals surface area contributed by atoms with Crippen LogP contribution in [0.4, 0.5) is 5.69 Å². The molecule has 108 valence electrons. The summed E-state index contributed by atoms with van der Waals surface area (Å²) in [4.78, 5) is 17.1. The molecule has 0 bridgehead atoms. The van der Waals surface area contributed by atoms with Crippen molar-refractivity contribution >= 4 is 17.6 Å². The van der Waals surface area contributed by atoms with E-state index in [1.165, 1.54) is 24.0 Å². The summed E-state index contributed by atoms with van der Waals surface area (Å²) >= 11 is 0. The van der Waals surface area contributed by atoms with Crippen molar-refractivity contribution in [2.45, 2.75) is 25.7 Å². The van der Waals surface area contributed by atoms with E-state index in [-0.39, 0.29) is 5.91 Å². The van der Waals surface area contributed by atoms with Gasteiger partial charge in [-0.15, -0.1) is 0 Å². The van der Waals surface area contributed by atoms with Gasteiger partial charge >= 0.3 is 0 Å². The molecule has 1 amide bonds. The first-order chi connectivity index (χ1) is 9.56. The van der Waals surface area contributed by atoms with Crippen molar-refractivity contribution < 1.29 is 4.79 Å². The van der Waals surface area contributed by atoms with E-state index in [4.69, 9.17) is 5.73 Å². The van der Waals surface area contributed by atoms with E-state index in [1.807, 2.05) is 6.07 Å². The van der Waals surface area contributed by atoms with E-state index in [2.05, 4.69) is 22.4 Å². The van der Waals surface area contributed by atoms with E-state index in [1.54, 1.807) is 19.0 Å². The van der Waals surface area contributed by atoms with Gasteiger partial charge in [-0.05, 0) is 42.5 Å². The van der Waals surface area contributed by atoms with Gasteiger partial charge in [0.25, 0.3) is 0 Å². The maximum Gasteiger partial charge on any atom is 0.223 e. The molecular formula is C15H22N4O. The Morgan fingerprint density at radius 3 is 2.85 bits per heavy atom. The van der Waals surface area contributed by atoms with Crippen LogP contribution in [0.15, 0.2) is 23.2 Å². The Bertz CT molecular complexity index is 523. The van der Waals surface area contributed by atoms with Crippen LogP contribution in [0.25, 0.3) is 0 Å². The lowest BCUT2D eigenvalue weighted by atomic mass is 10.1. The molecule has 0 aromatic heterocycles. The fraction of sp³-hybridized carbons (Fsp3) is 0.467. The molecule has 0 aliphatic heterocycles. The predicted molar refractivity (Wildman–Crippen MR) is 81.9 cm³/mol. The standard InChI is InChI=1S/C15H22N4O/c1-19(2)14(20)8-9-17-15(16)18-13-7-6-11-4-3-5-12(11)10-13/h6-7,10H,3-5,8-9H2,1-2H3,(H3,16,17,18). The van der Waals surface area contributed by atoms with E-state index in [9.17, 15) is 4.79 Å². The highest BCUT2D eigenvalue weighted by atomic mass is 16.2. The molecule has 0 saturated heterocycles. The highest BCUT2D eigenvalue weighted by Crippen LogP contribution is 2.24. The van der Waals surface area contributed by atoms with Crippen LogP contribution in [0, 0.1) is 0 Å². The molecule has 1 aromatic rings. The molecule has 1 aliphatic carbocycles. The number of carbonyl (C=O) groups is 1. The molecule has 20 heavy (non-hydrogen) atoms. The van der Waals surface area contributed by atoms with Crippen molar-refractivity contribution in [3.8, 4) is 0 Å². The first kappa shape index (κ1) is 14.4. The minimum absolute atomic E-state index is 0.0547. The van der Waals surface area contributed by atoms with Crippen LogP contribution in [-0.4, -0.2) is 37.4 Å². The molecule has 5 heteroatoms. The minimum atomic E-state index is 0.0547. The second-order valence-corrected chi connectivity index (χ2v) is 5.27. The Labute approximate surface area is 119 Å². The lowest BCUT2D eigenvalue weighted by Crippen LogP contribution is -2.25. The number of aliphatic imine (C=N–C) groups is 1. The van der Waals surface area contributed by atoms with Crippen LogP contribution in [0.1, 0.15) is 24.0 Å². The molecule has 0 spiro atoms. The topological polar surface area (TPSA) is 70.7 Å². The molecular weight excluding hydrogens is 252 g/mol. The number of hydrogen-bond donors (Lipinski definition) is 2. The molecule has 0 radical (unpaired) electrons. The monoisotopic (exact) mass is 274 g/mol. The fourth-order valence-corrected chi connectivity index (χ4v) is 2.33. The van der Waals surface area contributed by atoms with Crippen LogP contribution in [0.5, 0.6) is 0 Å². The molecule has 0 heterocycles. The number of anilines is 1. The zero-order valence-electron chi connectivity index (χ0n) is 12.1. The zero-order chi connectivity index (χ0) is 14.5. The minimum Gasteiger partial charge on any atom is -0.370 e. The summed E-state index contributed by atoms with van der Waals surface area (Å²) in [6, 6.07) is 6.31. The lowest BCUT2D eigenvalue weighted by molar-refractivity contribution is -0.128. The van der Waals surface area contributed by atoms with Crippen molar-refractivity contribution in [1.82, 2.24) is 4.90 Å². The number of fused-ring (bicyclic) bond motifs is 1. The quantitative estimate of drug-likeness (QED) is 0.643. The summed E-state index contributed by atoms with van der Waals surface area (Å²) in [6.07, 6.45) is 3.92. The Balaban J connectivity index is 1.87. The highest BCUT2D eigenvalue weighted by molar-refractivity contribution is 5.92. The van der Waals surface area contributed by atoms with Gasteiger partial charge in [-0.1, -0.05) is 6.07 Å². The predicted octanol–water partition coefficient (Wildman–Crippen LogP) is 1.38. The second-order valence-electron chi connectivity index (χ2n) is 5.27. The number of nitrogens with zero attached hydrogens (tertiary/aromatic N) is 2. The van der Waals surface area contributed by atoms with Crippen LogP contribution >= 0.6 is 0 Å². The summed E-state index contributed by atoms with van der Waals surface area (Å²) in [5, 5.41) is 3.08. The number of amides is 1. The third-order valence-electron chi connectivity index (χ3n) is 3.48. The number of nitrogens with two attached hydrogens (primary N) is 1. The number of aryl methyl sites for hydroxylation is 2. The van der Waals surface area contributed by atoms with Crippen molar-refractivity contribution in [2.75, 3.05) is 26.0 Å². The molecule has 2 rings (SSSR count). The van der Waals surface area contributed by atoms with Gasteiger partial charge in [0.05, 0.1) is 6.54 Å². The van der Waals surface area contributed by atoms with Crippen LogP contribution in [0.3, 0.4) is 0 Å². The summed E-state index contributed by atoms with van der Waals surface area (Å²) in [6.45, 7) is 0.404. The number of benzene rings is 1. The average Bonchev–Trinajstić information content (AvgIpc) is 2.85. The summed E-state index contributed by atoms with van der Waals surface area (Å²) in [5.74, 6) is 0.411. The number of carbonyl (C=O) groups excluding carboxylic acids is 1. The van der Waals surface area contributed by atoms with E-state index >= 15 is 0 Å². The third-order valence-corrected chi connectivity index (χ3v) is 3.48. The number of guanidine groups is 1. The van der Waals surface area contributed by atoms with Crippen LogP contribution in [0.2, 0.25) is 0 Å². The summed E-state index contributed by atoms with van der Waals surface area (Å²) < 4.78 is 0. The number of rotatable bonds is 4. The summed E-state index contributed by atoms with van der Waals surface area (Å²) in [5.41, 5.74) is 9.62. The lowest BCUT2D eigenvalue weighted by Gasteiger charge is -2.10. The van der Waals surface area contributed by atoms with Gasteiger partial charge in [-0.3, -0.25) is 9.79 Å². The molecule has 0 atom stereocenters. The van der Waals surface area contributed by atoms with Crippen molar-refractivity contribution in [1.29, 1.82) is 0 Å². The molecule has 5 nitrogen and oxygen atoms in total. The molecule has 1 aromatic carbocycles. The molecule has 0 unspecified atom stereocenters. The summed E-state index contributed by atoms with van der Waals surface area (Å²) in [7, 11) is 3.47. The molecule has 3 N–H and O–H groups in total. The van der Waals surface area contributed by atoms with E-state index in [0.29, 0.717) is 18.9 Å². The van der Waals surface area contributed by atoms with Gasteiger partial charge in [-0.25, -0.2) is 0 Å². The van der Waals surface area contributed by atoms with E-state index in [0.717, 1.165) is 12.1 Å². The van der Waals surface area contributed by atoms with E-state index < -0.39 is 0 Å².